The lowest BCUT2D eigenvalue weighted by Crippen LogP contribution is -2.08. The molecule has 0 spiro atoms. The highest BCUT2D eigenvalue weighted by Gasteiger charge is 2.14. The molecule has 0 saturated heterocycles. The van der Waals surface area contributed by atoms with Crippen molar-refractivity contribution in [1.82, 2.24) is 9.97 Å². The molecule has 0 saturated carbocycles. The van der Waals surface area contributed by atoms with Crippen LogP contribution in [0.25, 0.3) is 11.0 Å². The Hall–Kier alpha value is -3.15. The van der Waals surface area contributed by atoms with Gasteiger partial charge in [-0.15, -0.1) is 0 Å². The van der Waals surface area contributed by atoms with Crippen molar-refractivity contribution >= 4 is 17.0 Å². The molecule has 0 unspecified atom stereocenters. The van der Waals surface area contributed by atoms with Crippen LogP contribution in [0.3, 0.4) is 0 Å². The number of carbonyl (C=O) groups is 1. The second-order valence-corrected chi connectivity index (χ2v) is 5.02. The molecule has 0 bridgehead atoms. The van der Waals surface area contributed by atoms with Crippen LogP contribution in [0.15, 0.2) is 42.5 Å². The number of hydrogen-bond acceptors (Lipinski definition) is 6. The molecule has 0 atom stereocenters. The minimum Gasteiger partial charge on any atom is -0.508 e. The number of rotatable bonds is 3. The third kappa shape index (κ3) is 3.06. The van der Waals surface area contributed by atoms with E-state index in [1.807, 2.05) is 24.3 Å². The lowest BCUT2D eigenvalue weighted by atomic mass is 10.2. The molecular weight excluding hydrogens is 296 g/mol. The van der Waals surface area contributed by atoms with E-state index >= 15 is 0 Å². The molecule has 3 rings (SSSR count). The van der Waals surface area contributed by atoms with Crippen LogP contribution in [-0.2, 0) is 11.3 Å². The highest BCUT2D eigenvalue weighted by Crippen LogP contribution is 2.23. The van der Waals surface area contributed by atoms with Crippen LogP contribution < -0.4 is 0 Å². The molecule has 1 aromatic heterocycles. The molecule has 0 aliphatic rings. The number of esters is 1. The van der Waals surface area contributed by atoms with Gasteiger partial charge in [0.1, 0.15) is 23.7 Å². The first-order valence-electron chi connectivity index (χ1n) is 6.96. The van der Waals surface area contributed by atoms with Crippen LogP contribution in [0, 0.1) is 6.92 Å². The summed E-state index contributed by atoms with van der Waals surface area (Å²) in [6.45, 7) is 1.74. The number of phenolic OH excluding ortho intramolecular Hbond substituents is 2. The van der Waals surface area contributed by atoms with Gasteiger partial charge in [-0.1, -0.05) is 12.1 Å². The van der Waals surface area contributed by atoms with Gasteiger partial charge in [-0.2, -0.15) is 0 Å². The van der Waals surface area contributed by atoms with E-state index in [-0.39, 0.29) is 23.7 Å². The molecule has 0 fully saturated rings. The summed E-state index contributed by atoms with van der Waals surface area (Å²) in [6.07, 6.45) is 0. The van der Waals surface area contributed by atoms with E-state index in [0.29, 0.717) is 11.4 Å². The van der Waals surface area contributed by atoms with Crippen molar-refractivity contribution in [3.05, 3.63) is 59.4 Å². The Balaban J connectivity index is 1.80. The van der Waals surface area contributed by atoms with Gasteiger partial charge in [0.05, 0.1) is 22.4 Å². The number of hydrogen-bond donors (Lipinski definition) is 2. The lowest BCUT2D eigenvalue weighted by molar-refractivity contribution is 0.0463. The molecule has 0 radical (unpaired) electrons. The van der Waals surface area contributed by atoms with Gasteiger partial charge in [0, 0.05) is 6.07 Å². The summed E-state index contributed by atoms with van der Waals surface area (Å²) in [6, 6.07) is 11.1. The minimum absolute atomic E-state index is 0.0193. The monoisotopic (exact) mass is 310 g/mol. The van der Waals surface area contributed by atoms with E-state index in [4.69, 9.17) is 4.74 Å². The second kappa shape index (κ2) is 5.92. The average molecular weight is 310 g/mol. The Bertz CT molecular complexity index is 893. The Morgan fingerprint density at radius 1 is 1.09 bits per heavy atom. The third-order valence-corrected chi connectivity index (χ3v) is 3.38. The SMILES string of the molecule is Cc1nc2ccccc2nc1COC(=O)c1ccc(O)cc1O. The van der Waals surface area contributed by atoms with Crippen molar-refractivity contribution in [3.63, 3.8) is 0 Å². The summed E-state index contributed by atoms with van der Waals surface area (Å²) in [4.78, 5) is 20.9. The maximum Gasteiger partial charge on any atom is 0.342 e. The van der Waals surface area contributed by atoms with E-state index in [2.05, 4.69) is 9.97 Å². The maximum absolute atomic E-state index is 12.0. The number of ether oxygens (including phenoxy) is 1. The number of aromatic nitrogens is 2. The second-order valence-electron chi connectivity index (χ2n) is 5.02. The number of aromatic hydroxyl groups is 2. The summed E-state index contributed by atoms with van der Waals surface area (Å²) in [5.74, 6) is -1.16. The Morgan fingerprint density at radius 3 is 2.48 bits per heavy atom. The molecule has 116 valence electrons. The number of fused-ring (bicyclic) bond motifs is 1. The molecule has 2 aromatic carbocycles. The number of carbonyl (C=O) groups excluding carboxylic acids is 1. The van der Waals surface area contributed by atoms with Crippen molar-refractivity contribution in [3.8, 4) is 11.5 Å². The first-order chi connectivity index (χ1) is 11.0. The quantitative estimate of drug-likeness (QED) is 0.723. The highest BCUT2D eigenvalue weighted by atomic mass is 16.5. The summed E-state index contributed by atoms with van der Waals surface area (Å²) < 4.78 is 5.18. The van der Waals surface area contributed by atoms with Crippen molar-refractivity contribution in [2.24, 2.45) is 0 Å². The molecule has 2 N–H and O–H groups in total. The molecule has 0 amide bonds. The molecule has 3 aromatic rings. The largest absolute Gasteiger partial charge is 0.508 e. The van der Waals surface area contributed by atoms with E-state index in [9.17, 15) is 15.0 Å². The third-order valence-electron chi connectivity index (χ3n) is 3.38. The van der Waals surface area contributed by atoms with Gasteiger partial charge in [0.25, 0.3) is 0 Å². The predicted octanol–water partition coefficient (Wildman–Crippen LogP) is 2.71. The highest BCUT2D eigenvalue weighted by molar-refractivity contribution is 5.92. The number of benzene rings is 2. The van der Waals surface area contributed by atoms with Gasteiger partial charge in [0.15, 0.2) is 0 Å². The number of phenols is 2. The zero-order valence-corrected chi connectivity index (χ0v) is 12.4. The van der Waals surface area contributed by atoms with Gasteiger partial charge in [-0.3, -0.25) is 0 Å². The van der Waals surface area contributed by atoms with E-state index in [1.165, 1.54) is 12.1 Å². The molecule has 23 heavy (non-hydrogen) atoms. The van der Waals surface area contributed by atoms with Crippen molar-refractivity contribution in [1.29, 1.82) is 0 Å². The number of nitrogens with zero attached hydrogens (tertiary/aromatic N) is 2. The number of para-hydroxylation sites is 2. The first kappa shape index (κ1) is 14.8. The molecule has 0 aliphatic carbocycles. The van der Waals surface area contributed by atoms with Crippen LogP contribution in [0.2, 0.25) is 0 Å². The fourth-order valence-corrected chi connectivity index (χ4v) is 2.17. The van der Waals surface area contributed by atoms with Crippen LogP contribution in [0.4, 0.5) is 0 Å². The van der Waals surface area contributed by atoms with Gasteiger partial charge in [0.2, 0.25) is 0 Å². The molecule has 6 nitrogen and oxygen atoms in total. The maximum atomic E-state index is 12.0. The lowest BCUT2D eigenvalue weighted by Gasteiger charge is -2.09. The fourth-order valence-electron chi connectivity index (χ4n) is 2.17. The zero-order valence-electron chi connectivity index (χ0n) is 12.4. The standard InChI is InChI=1S/C17H14N2O4/c1-10-15(19-14-5-3-2-4-13(14)18-10)9-23-17(22)12-7-6-11(20)8-16(12)21/h2-8,20-21H,9H2,1H3. The summed E-state index contributed by atoms with van der Waals surface area (Å²) in [5, 5.41) is 18.9. The average Bonchev–Trinajstić information content (AvgIpc) is 2.52. The molecule has 1 heterocycles. The molecule has 6 heteroatoms. The normalized spacial score (nSPS) is 10.7. The topological polar surface area (TPSA) is 92.5 Å². The van der Waals surface area contributed by atoms with Crippen LogP contribution >= 0.6 is 0 Å². The van der Waals surface area contributed by atoms with Gasteiger partial charge in [-0.05, 0) is 31.2 Å². The van der Waals surface area contributed by atoms with Crippen LogP contribution in [0.5, 0.6) is 11.5 Å². The summed E-state index contributed by atoms with van der Waals surface area (Å²) in [7, 11) is 0. The van der Waals surface area contributed by atoms with Gasteiger partial charge in [-0.25, -0.2) is 14.8 Å². The van der Waals surface area contributed by atoms with Crippen molar-refractivity contribution in [2.75, 3.05) is 0 Å². The summed E-state index contributed by atoms with van der Waals surface area (Å²) in [5.41, 5.74) is 2.70. The smallest absolute Gasteiger partial charge is 0.342 e. The minimum atomic E-state index is -0.697. The van der Waals surface area contributed by atoms with Crippen LogP contribution in [-0.4, -0.2) is 26.2 Å². The zero-order chi connectivity index (χ0) is 16.4. The van der Waals surface area contributed by atoms with E-state index in [1.54, 1.807) is 6.92 Å². The molecular formula is C17H14N2O4. The van der Waals surface area contributed by atoms with Crippen molar-refractivity contribution < 1.29 is 19.7 Å². The Labute approximate surface area is 132 Å². The number of aryl methyl sites for hydroxylation is 1. The fraction of sp³-hybridized carbons (Fsp3) is 0.118. The van der Waals surface area contributed by atoms with E-state index < -0.39 is 5.97 Å². The first-order valence-corrected chi connectivity index (χ1v) is 6.96. The van der Waals surface area contributed by atoms with Gasteiger partial charge < -0.3 is 14.9 Å². The van der Waals surface area contributed by atoms with Crippen LogP contribution in [0.1, 0.15) is 21.7 Å². The van der Waals surface area contributed by atoms with Crippen molar-refractivity contribution in [2.45, 2.75) is 13.5 Å². The summed E-state index contributed by atoms with van der Waals surface area (Å²) >= 11 is 0. The van der Waals surface area contributed by atoms with Gasteiger partial charge >= 0.3 is 5.97 Å². The molecule has 0 aliphatic heterocycles. The Morgan fingerprint density at radius 2 is 1.78 bits per heavy atom. The van der Waals surface area contributed by atoms with E-state index in [0.717, 1.165) is 17.1 Å². The predicted molar refractivity (Wildman–Crippen MR) is 83.2 cm³/mol. The Kier molecular flexibility index (Phi) is 3.80.